The molecule has 0 radical (unpaired) electrons. The van der Waals surface area contributed by atoms with Gasteiger partial charge in [-0.05, 0) is 6.08 Å². The van der Waals surface area contributed by atoms with Crippen LogP contribution in [-0.4, -0.2) is 22.0 Å². The minimum Gasteiger partial charge on any atom is -0.384 e. The van der Waals surface area contributed by atoms with Crippen LogP contribution in [0.2, 0.25) is 0 Å². The van der Waals surface area contributed by atoms with E-state index >= 15 is 0 Å². The van der Waals surface area contributed by atoms with E-state index in [2.05, 4.69) is 10.4 Å². The van der Waals surface area contributed by atoms with E-state index < -0.39 is 12.2 Å². The van der Waals surface area contributed by atoms with Crippen LogP contribution in [0.1, 0.15) is 0 Å². The summed E-state index contributed by atoms with van der Waals surface area (Å²) in [5, 5.41) is 6.01. The number of hydrogen-bond donors (Lipinski definition) is 2. The van der Waals surface area contributed by atoms with Crippen molar-refractivity contribution in [2.24, 2.45) is 5.73 Å². The lowest BCUT2D eigenvalue weighted by Crippen LogP contribution is -2.39. The molecule has 0 fully saturated rings. The summed E-state index contributed by atoms with van der Waals surface area (Å²) < 4.78 is 38.2. The summed E-state index contributed by atoms with van der Waals surface area (Å²) in [4.78, 5) is 0. The SMILES string of the molecule is NC1=CC(C(F)(F)F)Nc2ccnn21. The number of halogens is 3. The maximum absolute atomic E-state index is 12.3. The van der Waals surface area contributed by atoms with Crippen LogP contribution < -0.4 is 11.1 Å². The molecule has 0 saturated carbocycles. The summed E-state index contributed by atoms with van der Waals surface area (Å²) in [6, 6.07) is -0.315. The number of hydrogen-bond acceptors (Lipinski definition) is 3. The van der Waals surface area contributed by atoms with Crippen molar-refractivity contribution in [1.29, 1.82) is 0 Å². The molecule has 2 heterocycles. The van der Waals surface area contributed by atoms with Crippen molar-refractivity contribution in [3.8, 4) is 0 Å². The number of nitrogens with one attached hydrogen (secondary N) is 1. The third-order valence-corrected chi connectivity index (χ3v) is 1.88. The van der Waals surface area contributed by atoms with Gasteiger partial charge in [-0.1, -0.05) is 0 Å². The lowest BCUT2D eigenvalue weighted by Gasteiger charge is -2.24. The zero-order valence-electron chi connectivity index (χ0n) is 6.92. The first-order chi connectivity index (χ1) is 6.48. The zero-order chi connectivity index (χ0) is 10.3. The number of rotatable bonds is 0. The standard InChI is InChI=1S/C7H7F3N4/c8-7(9,10)4-3-5(11)14-6(13-4)1-2-12-14/h1-4,13H,11H2. The number of fused-ring (bicyclic) bond motifs is 1. The van der Waals surface area contributed by atoms with Crippen LogP contribution in [0.15, 0.2) is 18.3 Å². The van der Waals surface area contributed by atoms with E-state index in [0.717, 1.165) is 6.08 Å². The largest absolute Gasteiger partial charge is 0.412 e. The molecule has 1 unspecified atom stereocenters. The molecule has 0 bridgehead atoms. The minimum atomic E-state index is -4.35. The van der Waals surface area contributed by atoms with Gasteiger partial charge in [0.05, 0.1) is 6.20 Å². The predicted octanol–water partition coefficient (Wildman–Crippen LogP) is 0.997. The van der Waals surface area contributed by atoms with Crippen molar-refractivity contribution in [1.82, 2.24) is 9.78 Å². The van der Waals surface area contributed by atoms with Gasteiger partial charge < -0.3 is 11.1 Å². The molecule has 76 valence electrons. The van der Waals surface area contributed by atoms with Crippen LogP contribution in [-0.2, 0) is 0 Å². The Hall–Kier alpha value is -1.66. The van der Waals surface area contributed by atoms with Crippen molar-refractivity contribution in [3.63, 3.8) is 0 Å². The van der Waals surface area contributed by atoms with Gasteiger partial charge in [-0.25, -0.2) is 4.68 Å². The Morgan fingerprint density at radius 3 is 2.86 bits per heavy atom. The Labute approximate surface area is 77.2 Å². The van der Waals surface area contributed by atoms with Gasteiger partial charge in [-0.15, -0.1) is 0 Å². The molecule has 3 N–H and O–H groups in total. The molecule has 4 nitrogen and oxygen atoms in total. The minimum absolute atomic E-state index is 0.0222. The fourth-order valence-electron chi connectivity index (χ4n) is 1.24. The molecule has 1 aromatic heterocycles. The van der Waals surface area contributed by atoms with E-state index in [1.54, 1.807) is 0 Å². The normalized spacial score (nSPS) is 21.1. The smallest absolute Gasteiger partial charge is 0.384 e. The zero-order valence-corrected chi connectivity index (χ0v) is 6.92. The van der Waals surface area contributed by atoms with Crippen LogP contribution in [0.5, 0.6) is 0 Å². The molecular weight excluding hydrogens is 197 g/mol. The molecule has 0 aromatic carbocycles. The van der Waals surface area contributed by atoms with E-state index in [1.165, 1.54) is 16.9 Å². The molecule has 14 heavy (non-hydrogen) atoms. The predicted molar refractivity (Wildman–Crippen MR) is 44.2 cm³/mol. The van der Waals surface area contributed by atoms with Gasteiger partial charge in [-0.3, -0.25) is 0 Å². The van der Waals surface area contributed by atoms with Gasteiger partial charge in [0.1, 0.15) is 17.7 Å². The van der Waals surface area contributed by atoms with Crippen LogP contribution in [0, 0.1) is 0 Å². The molecule has 7 heteroatoms. The van der Waals surface area contributed by atoms with Gasteiger partial charge in [-0.2, -0.15) is 18.3 Å². The number of anilines is 1. The van der Waals surface area contributed by atoms with E-state index in [0.29, 0.717) is 0 Å². The van der Waals surface area contributed by atoms with Gasteiger partial charge in [0.25, 0.3) is 0 Å². The van der Waals surface area contributed by atoms with Crippen LogP contribution in [0.3, 0.4) is 0 Å². The van der Waals surface area contributed by atoms with Gasteiger partial charge in [0, 0.05) is 6.07 Å². The number of nitrogens with zero attached hydrogens (tertiary/aromatic N) is 2. The van der Waals surface area contributed by atoms with Crippen molar-refractivity contribution < 1.29 is 13.2 Å². The highest BCUT2D eigenvalue weighted by Gasteiger charge is 2.40. The monoisotopic (exact) mass is 204 g/mol. The fourth-order valence-corrected chi connectivity index (χ4v) is 1.24. The lowest BCUT2D eigenvalue weighted by molar-refractivity contribution is -0.132. The molecule has 1 atom stereocenters. The van der Waals surface area contributed by atoms with Crippen molar-refractivity contribution in [2.45, 2.75) is 12.2 Å². The summed E-state index contributed by atoms with van der Waals surface area (Å²) in [5.74, 6) is 0.221. The summed E-state index contributed by atoms with van der Waals surface area (Å²) in [7, 11) is 0. The average molecular weight is 204 g/mol. The molecular formula is C7H7F3N4. The maximum Gasteiger partial charge on any atom is 0.412 e. The Morgan fingerprint density at radius 2 is 2.21 bits per heavy atom. The van der Waals surface area contributed by atoms with E-state index in [4.69, 9.17) is 5.73 Å². The first-order valence-corrected chi connectivity index (χ1v) is 3.83. The Morgan fingerprint density at radius 1 is 1.50 bits per heavy atom. The van der Waals surface area contributed by atoms with Crippen LogP contribution in [0.25, 0.3) is 5.82 Å². The quantitative estimate of drug-likeness (QED) is 0.662. The lowest BCUT2D eigenvalue weighted by atomic mass is 10.2. The third-order valence-electron chi connectivity index (χ3n) is 1.88. The second kappa shape index (κ2) is 2.66. The molecule has 1 aliphatic heterocycles. The highest BCUT2D eigenvalue weighted by Crippen LogP contribution is 2.28. The Kier molecular flexibility index (Phi) is 1.70. The Balaban J connectivity index is 2.37. The van der Waals surface area contributed by atoms with Crippen molar-refractivity contribution in [2.75, 3.05) is 5.32 Å². The van der Waals surface area contributed by atoms with E-state index in [1.807, 2.05) is 0 Å². The summed E-state index contributed by atoms with van der Waals surface area (Å²) in [6.45, 7) is 0. The first-order valence-electron chi connectivity index (χ1n) is 3.83. The second-order valence-electron chi connectivity index (χ2n) is 2.88. The second-order valence-corrected chi connectivity index (χ2v) is 2.88. The van der Waals surface area contributed by atoms with E-state index in [9.17, 15) is 13.2 Å². The average Bonchev–Trinajstić information content (AvgIpc) is 2.50. The number of aromatic nitrogens is 2. The third kappa shape index (κ3) is 1.30. The fraction of sp³-hybridized carbons (Fsp3) is 0.286. The van der Waals surface area contributed by atoms with Gasteiger partial charge in [0.15, 0.2) is 0 Å². The molecule has 0 amide bonds. The molecule has 0 aliphatic carbocycles. The van der Waals surface area contributed by atoms with Gasteiger partial charge >= 0.3 is 6.18 Å². The topological polar surface area (TPSA) is 55.9 Å². The summed E-state index contributed by atoms with van der Waals surface area (Å²) in [5.41, 5.74) is 5.40. The van der Waals surface area contributed by atoms with Crippen LogP contribution >= 0.6 is 0 Å². The molecule has 1 aromatic rings. The van der Waals surface area contributed by atoms with Crippen LogP contribution in [0.4, 0.5) is 19.0 Å². The highest BCUT2D eigenvalue weighted by atomic mass is 19.4. The van der Waals surface area contributed by atoms with Crippen molar-refractivity contribution in [3.05, 3.63) is 18.3 Å². The van der Waals surface area contributed by atoms with E-state index in [-0.39, 0.29) is 11.6 Å². The molecule has 0 spiro atoms. The molecule has 2 rings (SSSR count). The first kappa shape index (κ1) is 8.92. The van der Waals surface area contributed by atoms with Crippen molar-refractivity contribution >= 4 is 11.6 Å². The van der Waals surface area contributed by atoms with Gasteiger partial charge in [0.2, 0.25) is 0 Å². The summed E-state index contributed by atoms with van der Waals surface area (Å²) >= 11 is 0. The number of alkyl halides is 3. The summed E-state index contributed by atoms with van der Waals surface area (Å²) in [6.07, 6.45) is -2.08. The highest BCUT2D eigenvalue weighted by molar-refractivity contribution is 5.57. The Bertz CT molecular complexity index is 379. The molecule has 1 aliphatic rings. The molecule has 0 saturated heterocycles. The number of nitrogens with two attached hydrogens (primary N) is 1. The maximum atomic E-state index is 12.3.